The van der Waals surface area contributed by atoms with Gasteiger partial charge in [-0.15, -0.1) is 0 Å². The highest BCUT2D eigenvalue weighted by atomic mass is 16.6. The number of rotatable bonds is 6. The SMILES string of the molecule is CCCN(C)Cc1cc([N+](=O)[O-])ccc1NC. The highest BCUT2D eigenvalue weighted by Crippen LogP contribution is 2.22. The number of nitrogens with zero attached hydrogens (tertiary/aromatic N) is 2. The molecule has 1 rings (SSSR count). The van der Waals surface area contributed by atoms with Crippen LogP contribution in [0.1, 0.15) is 18.9 Å². The van der Waals surface area contributed by atoms with E-state index in [9.17, 15) is 10.1 Å². The molecule has 0 aliphatic heterocycles. The van der Waals surface area contributed by atoms with Gasteiger partial charge in [-0.1, -0.05) is 6.92 Å². The molecule has 0 aliphatic carbocycles. The van der Waals surface area contributed by atoms with Crippen molar-refractivity contribution in [2.75, 3.05) is 26.0 Å². The van der Waals surface area contributed by atoms with Crippen LogP contribution in [-0.2, 0) is 6.54 Å². The lowest BCUT2D eigenvalue weighted by Crippen LogP contribution is -2.19. The second kappa shape index (κ2) is 6.20. The maximum absolute atomic E-state index is 10.7. The molecule has 0 saturated heterocycles. The second-order valence-electron chi connectivity index (χ2n) is 4.09. The van der Waals surface area contributed by atoms with Crippen LogP contribution in [0.5, 0.6) is 0 Å². The third-order valence-corrected chi connectivity index (χ3v) is 2.61. The average molecular weight is 237 g/mol. The second-order valence-corrected chi connectivity index (χ2v) is 4.09. The van der Waals surface area contributed by atoms with Crippen molar-refractivity contribution in [2.24, 2.45) is 0 Å². The molecule has 1 aromatic rings. The molecule has 0 aliphatic rings. The number of nitrogens with one attached hydrogen (secondary N) is 1. The van der Waals surface area contributed by atoms with Crippen LogP contribution in [0.3, 0.4) is 0 Å². The Morgan fingerprint density at radius 3 is 2.71 bits per heavy atom. The minimum Gasteiger partial charge on any atom is -0.388 e. The van der Waals surface area contributed by atoms with Crippen LogP contribution in [0.2, 0.25) is 0 Å². The molecular formula is C12H19N3O2. The number of non-ortho nitro benzene ring substituents is 1. The highest BCUT2D eigenvalue weighted by Gasteiger charge is 2.11. The summed E-state index contributed by atoms with van der Waals surface area (Å²) in [6, 6.07) is 4.92. The summed E-state index contributed by atoms with van der Waals surface area (Å²) in [6.07, 6.45) is 1.07. The molecule has 17 heavy (non-hydrogen) atoms. The van der Waals surface area contributed by atoms with Crippen LogP contribution in [0.25, 0.3) is 0 Å². The number of nitro groups is 1. The predicted octanol–water partition coefficient (Wildman–Crippen LogP) is 2.48. The average Bonchev–Trinajstić information content (AvgIpc) is 2.29. The molecule has 0 spiro atoms. The van der Waals surface area contributed by atoms with E-state index in [2.05, 4.69) is 17.1 Å². The van der Waals surface area contributed by atoms with Gasteiger partial charge in [-0.25, -0.2) is 0 Å². The molecule has 0 aromatic heterocycles. The quantitative estimate of drug-likeness (QED) is 0.610. The first kappa shape index (κ1) is 13.4. The topological polar surface area (TPSA) is 58.4 Å². The van der Waals surface area contributed by atoms with Crippen LogP contribution >= 0.6 is 0 Å². The van der Waals surface area contributed by atoms with Crippen molar-refractivity contribution < 1.29 is 4.92 Å². The molecule has 0 amide bonds. The first-order valence-corrected chi connectivity index (χ1v) is 5.72. The Morgan fingerprint density at radius 1 is 1.47 bits per heavy atom. The standard InChI is InChI=1S/C12H19N3O2/c1-4-7-14(3)9-10-8-11(15(16)17)5-6-12(10)13-2/h5-6,8,13H,4,7,9H2,1-3H3. The molecule has 1 N–H and O–H groups in total. The van der Waals surface area contributed by atoms with Crippen molar-refractivity contribution >= 4 is 11.4 Å². The molecule has 94 valence electrons. The fourth-order valence-electron chi connectivity index (χ4n) is 1.82. The molecule has 1 aromatic carbocycles. The van der Waals surface area contributed by atoms with Crippen LogP contribution in [0, 0.1) is 10.1 Å². The van der Waals surface area contributed by atoms with E-state index in [-0.39, 0.29) is 10.6 Å². The fourth-order valence-corrected chi connectivity index (χ4v) is 1.82. The summed E-state index contributed by atoms with van der Waals surface area (Å²) in [5.41, 5.74) is 2.04. The van der Waals surface area contributed by atoms with Gasteiger partial charge in [0.25, 0.3) is 5.69 Å². The normalized spacial score (nSPS) is 10.6. The third-order valence-electron chi connectivity index (χ3n) is 2.61. The molecule has 0 unspecified atom stereocenters. The molecule has 0 bridgehead atoms. The zero-order chi connectivity index (χ0) is 12.8. The molecular weight excluding hydrogens is 218 g/mol. The maximum Gasteiger partial charge on any atom is 0.269 e. The van der Waals surface area contributed by atoms with Crippen molar-refractivity contribution in [3.63, 3.8) is 0 Å². The molecule has 5 nitrogen and oxygen atoms in total. The molecule has 0 heterocycles. The molecule has 5 heteroatoms. The lowest BCUT2D eigenvalue weighted by Gasteiger charge is -2.17. The van der Waals surface area contributed by atoms with Crippen molar-refractivity contribution in [3.8, 4) is 0 Å². The zero-order valence-corrected chi connectivity index (χ0v) is 10.6. The fraction of sp³-hybridized carbons (Fsp3) is 0.500. The first-order valence-electron chi connectivity index (χ1n) is 5.72. The van der Waals surface area contributed by atoms with E-state index in [1.54, 1.807) is 12.1 Å². The van der Waals surface area contributed by atoms with E-state index >= 15 is 0 Å². The monoisotopic (exact) mass is 237 g/mol. The van der Waals surface area contributed by atoms with Crippen LogP contribution in [0.15, 0.2) is 18.2 Å². The van der Waals surface area contributed by atoms with Crippen LogP contribution in [-0.4, -0.2) is 30.5 Å². The first-order chi connectivity index (χ1) is 8.08. The van der Waals surface area contributed by atoms with E-state index in [1.807, 2.05) is 14.1 Å². The predicted molar refractivity (Wildman–Crippen MR) is 69.3 cm³/mol. The number of hydrogen-bond donors (Lipinski definition) is 1. The van der Waals surface area contributed by atoms with Gasteiger partial charge in [0, 0.05) is 31.4 Å². The van der Waals surface area contributed by atoms with Crippen molar-refractivity contribution in [1.29, 1.82) is 0 Å². The Bertz CT molecular complexity index is 393. The number of nitro benzene ring substituents is 1. The molecule has 0 atom stereocenters. The Hall–Kier alpha value is -1.62. The Morgan fingerprint density at radius 2 is 2.18 bits per heavy atom. The number of benzene rings is 1. The summed E-state index contributed by atoms with van der Waals surface area (Å²) in [4.78, 5) is 12.5. The lowest BCUT2D eigenvalue weighted by atomic mass is 10.1. The Balaban J connectivity index is 2.93. The molecule has 0 fully saturated rings. The van der Waals surface area contributed by atoms with Gasteiger partial charge >= 0.3 is 0 Å². The summed E-state index contributed by atoms with van der Waals surface area (Å²) < 4.78 is 0. The van der Waals surface area contributed by atoms with E-state index in [0.717, 1.165) is 24.2 Å². The Labute approximate surface area is 102 Å². The van der Waals surface area contributed by atoms with E-state index < -0.39 is 0 Å². The third kappa shape index (κ3) is 3.71. The van der Waals surface area contributed by atoms with Crippen molar-refractivity contribution in [3.05, 3.63) is 33.9 Å². The van der Waals surface area contributed by atoms with Crippen LogP contribution < -0.4 is 5.32 Å². The van der Waals surface area contributed by atoms with Crippen molar-refractivity contribution in [2.45, 2.75) is 19.9 Å². The maximum atomic E-state index is 10.7. The molecule has 0 radical (unpaired) electrons. The summed E-state index contributed by atoms with van der Waals surface area (Å²) in [5.74, 6) is 0. The highest BCUT2D eigenvalue weighted by molar-refractivity contribution is 5.55. The molecule has 0 saturated carbocycles. The minimum absolute atomic E-state index is 0.142. The lowest BCUT2D eigenvalue weighted by molar-refractivity contribution is -0.384. The number of anilines is 1. The van der Waals surface area contributed by atoms with E-state index in [1.165, 1.54) is 6.07 Å². The summed E-state index contributed by atoms with van der Waals surface area (Å²) in [7, 11) is 3.84. The smallest absolute Gasteiger partial charge is 0.269 e. The van der Waals surface area contributed by atoms with Gasteiger partial charge in [-0.3, -0.25) is 10.1 Å². The summed E-state index contributed by atoms with van der Waals surface area (Å²) >= 11 is 0. The number of hydrogen-bond acceptors (Lipinski definition) is 4. The van der Waals surface area contributed by atoms with Gasteiger partial charge in [0.15, 0.2) is 0 Å². The zero-order valence-electron chi connectivity index (χ0n) is 10.6. The van der Waals surface area contributed by atoms with Crippen LogP contribution in [0.4, 0.5) is 11.4 Å². The van der Waals surface area contributed by atoms with Gasteiger partial charge in [0.2, 0.25) is 0 Å². The van der Waals surface area contributed by atoms with Gasteiger partial charge in [-0.2, -0.15) is 0 Å². The van der Waals surface area contributed by atoms with Gasteiger partial charge < -0.3 is 10.2 Å². The Kier molecular flexibility index (Phi) is 4.90. The van der Waals surface area contributed by atoms with Gasteiger partial charge in [0.1, 0.15) is 0 Å². The van der Waals surface area contributed by atoms with Gasteiger partial charge in [0.05, 0.1) is 4.92 Å². The summed E-state index contributed by atoms with van der Waals surface area (Å²) in [6.45, 7) is 3.81. The summed E-state index contributed by atoms with van der Waals surface area (Å²) in [5, 5.41) is 13.8. The van der Waals surface area contributed by atoms with E-state index in [0.29, 0.717) is 6.54 Å². The minimum atomic E-state index is -0.358. The van der Waals surface area contributed by atoms with Crippen molar-refractivity contribution in [1.82, 2.24) is 4.90 Å². The van der Waals surface area contributed by atoms with E-state index in [4.69, 9.17) is 0 Å². The largest absolute Gasteiger partial charge is 0.388 e. The van der Waals surface area contributed by atoms with Gasteiger partial charge in [-0.05, 0) is 31.6 Å².